The number of pyridine rings is 1. The minimum Gasteiger partial charge on any atom is -0.492 e. The summed E-state index contributed by atoms with van der Waals surface area (Å²) in [7, 11) is 1.48. The molecule has 4 fully saturated rings. The number of esters is 1. The minimum absolute atomic E-state index is 0.0737. The molecular formula is C29H33FN4O7. The van der Waals surface area contributed by atoms with Crippen LogP contribution in [-0.2, 0) is 11.3 Å². The molecule has 0 spiro atoms. The fourth-order valence-electron chi connectivity index (χ4n) is 6.60. The molecule has 4 aliphatic rings. The molecule has 2 saturated carbocycles. The molecule has 0 amide bonds. The average molecular weight is 569 g/mol. The second-order valence-electron chi connectivity index (χ2n) is 11.8. The molecule has 4 heterocycles. The molecule has 2 N–H and O–H groups in total. The van der Waals surface area contributed by atoms with E-state index in [-0.39, 0.29) is 40.7 Å². The maximum atomic E-state index is 16.1. The van der Waals surface area contributed by atoms with E-state index in [1.54, 1.807) is 6.92 Å². The Hall–Kier alpha value is -3.64. The van der Waals surface area contributed by atoms with Gasteiger partial charge in [0.05, 0.1) is 24.6 Å². The second kappa shape index (κ2) is 9.73. The summed E-state index contributed by atoms with van der Waals surface area (Å²) in [6, 6.07) is 1.20. The summed E-state index contributed by atoms with van der Waals surface area (Å²) in [6.07, 6.45) is 5.42. The van der Waals surface area contributed by atoms with E-state index in [2.05, 4.69) is 4.90 Å². The van der Waals surface area contributed by atoms with Crippen molar-refractivity contribution in [3.05, 3.63) is 56.0 Å². The smallest absolute Gasteiger partial charge is 0.492 e. The third kappa shape index (κ3) is 4.53. The molecule has 2 aliphatic heterocycles. The molecule has 0 bridgehead atoms. The van der Waals surface area contributed by atoms with Gasteiger partial charge < -0.3 is 33.5 Å². The number of rotatable bonds is 7. The van der Waals surface area contributed by atoms with Crippen LogP contribution in [0.15, 0.2) is 30.7 Å². The quantitative estimate of drug-likeness (QED) is 0.424. The lowest BCUT2D eigenvalue weighted by molar-refractivity contribution is 0.0462. The summed E-state index contributed by atoms with van der Waals surface area (Å²) in [5, 5.41) is 0.0910. The zero-order chi connectivity index (χ0) is 28.6. The van der Waals surface area contributed by atoms with Gasteiger partial charge in [-0.15, -0.1) is 0 Å². The minimum atomic E-state index is -0.736. The fourth-order valence-corrected chi connectivity index (χ4v) is 6.60. The predicted molar refractivity (Wildman–Crippen MR) is 146 cm³/mol. The Balaban J connectivity index is 1.26. The zero-order valence-corrected chi connectivity index (χ0v) is 23.1. The topological polar surface area (TPSA) is 133 Å². The van der Waals surface area contributed by atoms with Crippen LogP contribution in [0.1, 0.15) is 60.0 Å². The summed E-state index contributed by atoms with van der Waals surface area (Å²) >= 11 is 0. The van der Waals surface area contributed by atoms with Gasteiger partial charge >= 0.3 is 11.8 Å². The van der Waals surface area contributed by atoms with E-state index in [1.165, 1.54) is 19.4 Å². The van der Waals surface area contributed by atoms with Crippen molar-refractivity contribution in [1.82, 2.24) is 9.47 Å². The van der Waals surface area contributed by atoms with Gasteiger partial charge in [0.2, 0.25) is 5.43 Å². The first-order valence-corrected chi connectivity index (χ1v) is 14.2. The number of ether oxygens (including phenoxy) is 2. The molecule has 4 unspecified atom stereocenters. The number of aromatic nitrogens is 1. The largest absolute Gasteiger partial charge is 0.519 e. The number of aryl methyl sites for hydroxylation is 1. The van der Waals surface area contributed by atoms with Crippen LogP contribution < -0.4 is 26.6 Å². The normalized spacial score (nSPS) is 25.9. The molecule has 2 saturated heterocycles. The molecule has 11 nitrogen and oxygen atoms in total. The highest BCUT2D eigenvalue weighted by atomic mass is 19.1. The van der Waals surface area contributed by atoms with Crippen LogP contribution in [0.4, 0.5) is 10.1 Å². The number of fused-ring (bicyclic) bond motifs is 2. The molecule has 41 heavy (non-hydrogen) atoms. The molecule has 2 aromatic heterocycles. The Labute approximate surface area is 234 Å². The Kier molecular flexibility index (Phi) is 6.23. The van der Waals surface area contributed by atoms with Gasteiger partial charge in [-0.1, -0.05) is 0 Å². The molecule has 218 valence electrons. The summed E-state index contributed by atoms with van der Waals surface area (Å²) < 4.78 is 39.5. The number of carbonyl (C=O) groups excluding carboxylic acids is 1. The van der Waals surface area contributed by atoms with Crippen molar-refractivity contribution in [2.45, 2.75) is 69.8 Å². The number of methoxy groups -OCH3 is 1. The van der Waals surface area contributed by atoms with E-state index < -0.39 is 29.1 Å². The van der Waals surface area contributed by atoms with Crippen molar-refractivity contribution in [2.75, 3.05) is 31.6 Å². The van der Waals surface area contributed by atoms with Crippen molar-refractivity contribution in [3.8, 4) is 5.75 Å². The number of benzene rings is 1. The van der Waals surface area contributed by atoms with Gasteiger partial charge in [0.1, 0.15) is 23.1 Å². The monoisotopic (exact) mass is 568 g/mol. The van der Waals surface area contributed by atoms with Gasteiger partial charge in [-0.3, -0.25) is 9.69 Å². The number of piperidine rings is 1. The van der Waals surface area contributed by atoms with E-state index in [0.717, 1.165) is 32.2 Å². The first-order valence-electron chi connectivity index (χ1n) is 14.2. The predicted octanol–water partition coefficient (Wildman–Crippen LogP) is 2.70. The maximum absolute atomic E-state index is 16.1. The van der Waals surface area contributed by atoms with E-state index in [1.807, 2.05) is 9.47 Å². The molecule has 2 aliphatic carbocycles. The van der Waals surface area contributed by atoms with Crippen LogP contribution in [0.25, 0.3) is 10.9 Å². The van der Waals surface area contributed by atoms with Crippen molar-refractivity contribution >= 4 is 22.6 Å². The van der Waals surface area contributed by atoms with Crippen LogP contribution in [0.2, 0.25) is 0 Å². The Morgan fingerprint density at radius 1 is 1.20 bits per heavy atom. The van der Waals surface area contributed by atoms with E-state index >= 15 is 4.39 Å². The third-order valence-electron chi connectivity index (χ3n) is 8.99. The second-order valence-corrected chi connectivity index (χ2v) is 11.8. The molecule has 1 aromatic carbocycles. The van der Waals surface area contributed by atoms with Gasteiger partial charge in [-0.25, -0.2) is 14.0 Å². The van der Waals surface area contributed by atoms with E-state index in [4.69, 9.17) is 24.0 Å². The number of nitrogens with two attached hydrogens (primary N) is 1. The Morgan fingerprint density at radius 2 is 1.98 bits per heavy atom. The van der Waals surface area contributed by atoms with Crippen molar-refractivity contribution in [2.24, 2.45) is 11.7 Å². The number of likely N-dealkylation sites (tertiary alicyclic amines) is 1. The highest BCUT2D eigenvalue weighted by Gasteiger charge is 2.42. The summed E-state index contributed by atoms with van der Waals surface area (Å²) in [5.74, 6) is -0.485. The summed E-state index contributed by atoms with van der Waals surface area (Å²) in [4.78, 5) is 42.3. The fraction of sp³-hybridized carbons (Fsp3) is 0.552. The molecular weight excluding hydrogens is 535 g/mol. The lowest BCUT2D eigenvalue weighted by Crippen LogP contribution is -2.44. The third-order valence-corrected chi connectivity index (χ3v) is 8.99. The Morgan fingerprint density at radius 3 is 2.63 bits per heavy atom. The van der Waals surface area contributed by atoms with Crippen LogP contribution in [0.3, 0.4) is 0 Å². The first kappa shape index (κ1) is 26.3. The number of hydrogen-bond donors (Lipinski definition) is 1. The standard InChI is InChI=1S/C29H33FN4O7/c1-14-23(41-29(37)39-14)13-32-7-3-4-15-10-33(12-21(15)32)25-19(30)8-17-24(27(25)38-2)34(16-5-6-16)11-18(26(17)35)28(36)40-22-9-20(22)31/h8,11,15-16,20-22H,3-7,9-10,12-13,31H2,1-2H3. The van der Waals surface area contributed by atoms with Gasteiger partial charge in [0, 0.05) is 43.8 Å². The number of carbonyl (C=O) groups is 1. The number of hydrogen-bond acceptors (Lipinski definition) is 10. The van der Waals surface area contributed by atoms with Crippen LogP contribution >= 0.6 is 0 Å². The number of anilines is 1. The maximum Gasteiger partial charge on any atom is 0.519 e. The highest BCUT2D eigenvalue weighted by molar-refractivity contribution is 5.98. The van der Waals surface area contributed by atoms with Crippen LogP contribution in [0, 0.1) is 18.7 Å². The van der Waals surface area contributed by atoms with Gasteiger partial charge in [-0.2, -0.15) is 0 Å². The SMILES string of the molecule is COc1c(N2CC3CCCN(Cc4oc(=O)oc4C)C3C2)c(F)cc2c(=O)c(C(=O)OC3CC3N)cn(C3CC3)c12. The highest BCUT2D eigenvalue weighted by Crippen LogP contribution is 2.46. The Bertz CT molecular complexity index is 1660. The zero-order valence-electron chi connectivity index (χ0n) is 23.1. The van der Waals surface area contributed by atoms with E-state index in [9.17, 15) is 14.4 Å². The van der Waals surface area contributed by atoms with Gasteiger partial charge in [-0.05, 0) is 51.1 Å². The molecule has 4 atom stereocenters. The molecule has 7 rings (SSSR count). The van der Waals surface area contributed by atoms with E-state index in [0.29, 0.717) is 48.8 Å². The van der Waals surface area contributed by atoms with Crippen molar-refractivity contribution in [1.29, 1.82) is 0 Å². The molecule has 0 radical (unpaired) electrons. The molecule has 3 aromatic rings. The van der Waals surface area contributed by atoms with Gasteiger partial charge in [0.15, 0.2) is 17.3 Å². The first-order chi connectivity index (χ1) is 19.7. The number of nitrogens with zero attached hydrogens (tertiary/aromatic N) is 3. The summed E-state index contributed by atoms with van der Waals surface area (Å²) in [5.41, 5.74) is 5.88. The van der Waals surface area contributed by atoms with Gasteiger partial charge in [0.25, 0.3) is 0 Å². The lowest BCUT2D eigenvalue weighted by Gasteiger charge is -2.36. The summed E-state index contributed by atoms with van der Waals surface area (Å²) in [6.45, 7) is 4.14. The van der Waals surface area contributed by atoms with Crippen molar-refractivity contribution < 1.29 is 27.5 Å². The molecule has 12 heteroatoms. The van der Waals surface area contributed by atoms with Crippen molar-refractivity contribution in [3.63, 3.8) is 0 Å². The average Bonchev–Trinajstić information content (AvgIpc) is 3.83. The van der Waals surface area contributed by atoms with Crippen LogP contribution in [0.5, 0.6) is 5.75 Å². The lowest BCUT2D eigenvalue weighted by atomic mass is 9.92. The number of halogens is 1. The van der Waals surface area contributed by atoms with Crippen LogP contribution in [-0.4, -0.2) is 60.4 Å².